The highest BCUT2D eigenvalue weighted by Gasteiger charge is 2.20. The average Bonchev–Trinajstić information content (AvgIpc) is 2.75. The molecule has 0 saturated heterocycles. The molecule has 2 rings (SSSR count). The molecule has 2 aromatic rings. The van der Waals surface area contributed by atoms with E-state index in [1.807, 2.05) is 18.2 Å². The van der Waals surface area contributed by atoms with Crippen LogP contribution in [0.5, 0.6) is 11.5 Å². The van der Waals surface area contributed by atoms with E-state index in [4.69, 9.17) is 15.2 Å². The molecular formula is C23H29N3O4S. The van der Waals surface area contributed by atoms with Crippen LogP contribution in [0.4, 0.5) is 5.69 Å². The highest BCUT2D eigenvalue weighted by Crippen LogP contribution is 2.33. The van der Waals surface area contributed by atoms with Gasteiger partial charge in [0.2, 0.25) is 0 Å². The van der Waals surface area contributed by atoms with Crippen molar-refractivity contribution in [2.24, 2.45) is 5.73 Å². The Kier molecular flexibility index (Phi) is 8.96. The predicted molar refractivity (Wildman–Crippen MR) is 125 cm³/mol. The Morgan fingerprint density at radius 1 is 1.32 bits per heavy atom. The molecule has 166 valence electrons. The number of pyridine rings is 1. The Morgan fingerprint density at radius 2 is 2.10 bits per heavy atom. The maximum absolute atomic E-state index is 13.0. The molecule has 0 radical (unpaired) electrons. The minimum absolute atomic E-state index is 0.0950. The van der Waals surface area contributed by atoms with Gasteiger partial charge in [-0.05, 0) is 44.5 Å². The van der Waals surface area contributed by atoms with E-state index in [1.54, 1.807) is 38.2 Å². The quantitative estimate of drug-likeness (QED) is 0.513. The number of aliphatic hydroxyl groups is 1. The van der Waals surface area contributed by atoms with Crippen LogP contribution in [-0.2, 0) is 11.2 Å². The molecule has 0 aliphatic carbocycles. The van der Waals surface area contributed by atoms with Gasteiger partial charge in [0.1, 0.15) is 6.61 Å². The molecule has 1 heterocycles. The number of amides is 1. The zero-order valence-electron chi connectivity index (χ0n) is 18.1. The molecule has 0 bridgehead atoms. The van der Waals surface area contributed by atoms with Gasteiger partial charge in [-0.25, -0.2) is 0 Å². The Balaban J connectivity index is 2.10. The third-order valence-electron chi connectivity index (χ3n) is 4.06. The van der Waals surface area contributed by atoms with E-state index < -0.39 is 5.60 Å². The van der Waals surface area contributed by atoms with Crippen molar-refractivity contribution in [1.29, 1.82) is 0 Å². The van der Waals surface area contributed by atoms with Crippen molar-refractivity contribution >= 4 is 23.4 Å². The van der Waals surface area contributed by atoms with Crippen molar-refractivity contribution in [3.05, 3.63) is 72.2 Å². The van der Waals surface area contributed by atoms with Gasteiger partial charge >= 0.3 is 0 Å². The SMILES string of the molecule is C=C(SCCc1ccccn1)C(=O)N(/C=C\N)c1ccc(OCC(C)(C)O)c(OC)c1. The number of benzene rings is 1. The van der Waals surface area contributed by atoms with Crippen LogP contribution in [0.15, 0.2) is 66.5 Å². The number of aryl methyl sites for hydroxylation is 1. The largest absolute Gasteiger partial charge is 0.493 e. The van der Waals surface area contributed by atoms with Crippen molar-refractivity contribution in [2.45, 2.75) is 25.9 Å². The first-order chi connectivity index (χ1) is 14.7. The first-order valence-electron chi connectivity index (χ1n) is 9.72. The molecule has 0 spiro atoms. The number of aromatic nitrogens is 1. The Morgan fingerprint density at radius 3 is 2.71 bits per heavy atom. The number of anilines is 1. The number of nitrogens with two attached hydrogens (primary N) is 1. The molecule has 0 fully saturated rings. The van der Waals surface area contributed by atoms with Gasteiger partial charge < -0.3 is 20.3 Å². The minimum atomic E-state index is -0.988. The number of ether oxygens (including phenoxy) is 2. The van der Waals surface area contributed by atoms with Gasteiger partial charge in [-0.15, -0.1) is 11.8 Å². The summed E-state index contributed by atoms with van der Waals surface area (Å²) in [5.41, 5.74) is 6.09. The highest BCUT2D eigenvalue weighted by atomic mass is 32.2. The van der Waals surface area contributed by atoms with Gasteiger partial charge in [-0.2, -0.15) is 0 Å². The molecule has 0 unspecified atom stereocenters. The minimum Gasteiger partial charge on any atom is -0.493 e. The van der Waals surface area contributed by atoms with E-state index in [0.717, 1.165) is 12.1 Å². The maximum atomic E-state index is 13.0. The number of hydrogen-bond acceptors (Lipinski definition) is 7. The predicted octanol–water partition coefficient (Wildman–Crippen LogP) is 3.49. The van der Waals surface area contributed by atoms with E-state index in [0.29, 0.717) is 27.8 Å². The van der Waals surface area contributed by atoms with Crippen LogP contribution in [0, 0.1) is 0 Å². The van der Waals surface area contributed by atoms with Gasteiger partial charge in [0.05, 0.1) is 23.3 Å². The van der Waals surface area contributed by atoms with Gasteiger partial charge in [-0.3, -0.25) is 14.7 Å². The summed E-state index contributed by atoms with van der Waals surface area (Å²) in [4.78, 5) is 19.1. The van der Waals surface area contributed by atoms with E-state index in [2.05, 4.69) is 11.6 Å². The van der Waals surface area contributed by atoms with Crippen molar-refractivity contribution in [2.75, 3.05) is 24.4 Å². The summed E-state index contributed by atoms with van der Waals surface area (Å²) in [5, 5.41) is 9.88. The summed E-state index contributed by atoms with van der Waals surface area (Å²) in [6.45, 7) is 7.32. The summed E-state index contributed by atoms with van der Waals surface area (Å²) in [5.74, 6) is 1.27. The van der Waals surface area contributed by atoms with E-state index in [9.17, 15) is 9.90 Å². The van der Waals surface area contributed by atoms with Gasteiger partial charge in [0.25, 0.3) is 5.91 Å². The standard InChI is InChI=1S/C23H29N3O4S/c1-17(31-14-10-18-7-5-6-12-25-18)22(27)26(13-11-24)19-8-9-20(21(15-19)29-4)30-16-23(2,3)28/h5-9,11-13,15,28H,1,10,14,16,24H2,2-4H3/b13-11-. The molecule has 1 amide bonds. The zero-order valence-corrected chi connectivity index (χ0v) is 18.9. The van der Waals surface area contributed by atoms with E-state index in [1.165, 1.54) is 36.2 Å². The molecule has 7 nitrogen and oxygen atoms in total. The molecule has 0 saturated carbocycles. The van der Waals surface area contributed by atoms with Crippen LogP contribution in [0.3, 0.4) is 0 Å². The summed E-state index contributed by atoms with van der Waals surface area (Å²) >= 11 is 1.37. The zero-order chi connectivity index (χ0) is 22.9. The summed E-state index contributed by atoms with van der Waals surface area (Å²) in [7, 11) is 1.51. The smallest absolute Gasteiger partial charge is 0.268 e. The lowest BCUT2D eigenvalue weighted by atomic mass is 10.2. The Hall–Kier alpha value is -2.97. The fourth-order valence-corrected chi connectivity index (χ4v) is 3.34. The number of methoxy groups -OCH3 is 1. The lowest BCUT2D eigenvalue weighted by Crippen LogP contribution is -2.28. The van der Waals surface area contributed by atoms with Crippen LogP contribution in [-0.4, -0.2) is 41.1 Å². The third-order valence-corrected chi connectivity index (χ3v) is 4.99. The molecule has 0 aliphatic rings. The second-order valence-electron chi connectivity index (χ2n) is 7.30. The van der Waals surface area contributed by atoms with E-state index >= 15 is 0 Å². The van der Waals surface area contributed by atoms with Crippen molar-refractivity contribution in [1.82, 2.24) is 4.98 Å². The number of carbonyl (C=O) groups excluding carboxylic acids is 1. The number of hydrogen-bond donors (Lipinski definition) is 2. The van der Waals surface area contributed by atoms with Crippen molar-refractivity contribution in [3.63, 3.8) is 0 Å². The average molecular weight is 444 g/mol. The van der Waals surface area contributed by atoms with Crippen LogP contribution in [0.25, 0.3) is 0 Å². The molecule has 0 aliphatic heterocycles. The Labute approximate surface area is 187 Å². The van der Waals surface area contributed by atoms with Gasteiger partial charge in [0, 0.05) is 36.1 Å². The molecule has 1 aromatic heterocycles. The highest BCUT2D eigenvalue weighted by molar-refractivity contribution is 8.04. The number of nitrogens with zero attached hydrogens (tertiary/aromatic N) is 2. The van der Waals surface area contributed by atoms with Gasteiger partial charge in [0.15, 0.2) is 11.5 Å². The number of thioether (sulfide) groups is 1. The first kappa shape index (κ1) is 24.3. The molecule has 1 aromatic carbocycles. The van der Waals surface area contributed by atoms with E-state index in [-0.39, 0.29) is 12.5 Å². The summed E-state index contributed by atoms with van der Waals surface area (Å²) < 4.78 is 11.0. The normalized spacial score (nSPS) is 11.4. The van der Waals surface area contributed by atoms with Gasteiger partial charge in [-0.1, -0.05) is 12.6 Å². The third kappa shape index (κ3) is 7.66. The topological polar surface area (TPSA) is 97.9 Å². The summed E-state index contributed by atoms with van der Waals surface area (Å²) in [6.07, 6.45) is 5.23. The second-order valence-corrected chi connectivity index (χ2v) is 8.49. The van der Waals surface area contributed by atoms with Crippen LogP contribution in [0.2, 0.25) is 0 Å². The lowest BCUT2D eigenvalue weighted by Gasteiger charge is -2.22. The Bertz CT molecular complexity index is 911. The maximum Gasteiger partial charge on any atom is 0.268 e. The van der Waals surface area contributed by atoms with Crippen LogP contribution in [0.1, 0.15) is 19.5 Å². The van der Waals surface area contributed by atoms with Crippen molar-refractivity contribution in [3.8, 4) is 11.5 Å². The van der Waals surface area contributed by atoms with Crippen LogP contribution < -0.4 is 20.1 Å². The summed E-state index contributed by atoms with van der Waals surface area (Å²) in [6, 6.07) is 10.8. The molecule has 0 atom stereocenters. The molecule has 8 heteroatoms. The number of rotatable bonds is 11. The molecular weight excluding hydrogens is 414 g/mol. The fraction of sp³-hybridized carbons (Fsp3) is 0.304. The fourth-order valence-electron chi connectivity index (χ4n) is 2.56. The molecule has 31 heavy (non-hydrogen) atoms. The van der Waals surface area contributed by atoms with Crippen LogP contribution >= 0.6 is 11.8 Å². The number of carbonyl (C=O) groups is 1. The lowest BCUT2D eigenvalue weighted by molar-refractivity contribution is -0.113. The first-order valence-corrected chi connectivity index (χ1v) is 10.7. The van der Waals surface area contributed by atoms with Crippen molar-refractivity contribution < 1.29 is 19.4 Å². The second kappa shape index (κ2) is 11.4. The molecule has 3 N–H and O–H groups in total. The monoisotopic (exact) mass is 443 g/mol.